The zero-order chi connectivity index (χ0) is 24.9. The molecule has 0 saturated carbocycles. The quantitative estimate of drug-likeness (QED) is 0.157. The topological polar surface area (TPSA) is 109 Å². The standard InChI is InChI=1S/C27H34N4O4/c1-3-5-6-7-8-9-16-35-22-13-11-21(12-14-22)23-18-24(30-29-23)27(33)31-28-19-20-10-15-25(32)26(17-20)34-4-2/h10-15,17-19,32H,3-9,16H2,1-2H3,(H,29,30)(H,31,33). The number of carbonyl (C=O) groups excluding carboxylic acids is 1. The molecule has 35 heavy (non-hydrogen) atoms. The normalized spacial score (nSPS) is 11.0. The number of phenols is 1. The van der Waals surface area contributed by atoms with Crippen molar-refractivity contribution in [2.45, 2.75) is 52.4 Å². The van der Waals surface area contributed by atoms with Crippen molar-refractivity contribution in [1.82, 2.24) is 15.6 Å². The van der Waals surface area contributed by atoms with Crippen molar-refractivity contribution in [3.63, 3.8) is 0 Å². The third kappa shape index (κ3) is 8.17. The molecule has 3 N–H and O–H groups in total. The number of hydrogen-bond donors (Lipinski definition) is 3. The highest BCUT2D eigenvalue weighted by atomic mass is 16.5. The first-order valence-electron chi connectivity index (χ1n) is 12.2. The smallest absolute Gasteiger partial charge is 0.289 e. The van der Waals surface area contributed by atoms with Gasteiger partial charge in [-0.25, -0.2) is 5.43 Å². The van der Waals surface area contributed by atoms with E-state index in [1.807, 2.05) is 31.2 Å². The first-order valence-corrected chi connectivity index (χ1v) is 12.2. The molecule has 0 atom stereocenters. The lowest BCUT2D eigenvalue weighted by Crippen LogP contribution is -2.18. The SMILES string of the molecule is CCCCCCCCOc1ccc(-c2cc(C(=O)NN=Cc3ccc(O)c(OCC)c3)[nH]n2)cc1. The van der Waals surface area contributed by atoms with Gasteiger partial charge in [0.2, 0.25) is 0 Å². The van der Waals surface area contributed by atoms with Crippen LogP contribution in [0.5, 0.6) is 17.2 Å². The maximum absolute atomic E-state index is 12.4. The lowest BCUT2D eigenvalue weighted by Gasteiger charge is -2.06. The van der Waals surface area contributed by atoms with E-state index in [0.29, 0.717) is 29.3 Å². The summed E-state index contributed by atoms with van der Waals surface area (Å²) in [4.78, 5) is 12.4. The van der Waals surface area contributed by atoms with E-state index in [4.69, 9.17) is 9.47 Å². The number of phenolic OH excluding ortho intramolecular Hbond substituents is 1. The Morgan fingerprint density at radius 2 is 1.80 bits per heavy atom. The minimum atomic E-state index is -0.414. The predicted octanol–water partition coefficient (Wildman–Crippen LogP) is 5.68. The van der Waals surface area contributed by atoms with Crippen LogP contribution >= 0.6 is 0 Å². The van der Waals surface area contributed by atoms with E-state index < -0.39 is 5.91 Å². The number of ether oxygens (including phenoxy) is 2. The summed E-state index contributed by atoms with van der Waals surface area (Å²) in [5.41, 5.74) is 4.97. The molecule has 186 valence electrons. The minimum Gasteiger partial charge on any atom is -0.504 e. The molecule has 0 aliphatic carbocycles. The Kier molecular flexibility index (Phi) is 10.2. The number of aromatic nitrogens is 2. The van der Waals surface area contributed by atoms with Crippen molar-refractivity contribution < 1.29 is 19.4 Å². The summed E-state index contributed by atoms with van der Waals surface area (Å²) in [5, 5.41) is 20.7. The van der Waals surface area contributed by atoms with Crippen molar-refractivity contribution in [3.8, 4) is 28.5 Å². The Morgan fingerprint density at radius 3 is 2.57 bits per heavy atom. The summed E-state index contributed by atoms with van der Waals surface area (Å²) < 4.78 is 11.2. The van der Waals surface area contributed by atoms with Crippen LogP contribution in [0.15, 0.2) is 53.6 Å². The summed E-state index contributed by atoms with van der Waals surface area (Å²) in [7, 11) is 0. The van der Waals surface area contributed by atoms with Crippen LogP contribution in [0.2, 0.25) is 0 Å². The number of nitrogens with one attached hydrogen (secondary N) is 2. The first kappa shape index (κ1) is 25.8. The molecule has 0 spiro atoms. The molecule has 1 heterocycles. The summed E-state index contributed by atoms with van der Waals surface area (Å²) in [6, 6.07) is 14.2. The monoisotopic (exact) mass is 478 g/mol. The third-order valence-electron chi connectivity index (χ3n) is 5.40. The number of hydrogen-bond acceptors (Lipinski definition) is 6. The number of aromatic hydroxyl groups is 1. The van der Waals surface area contributed by atoms with Gasteiger partial charge in [0.15, 0.2) is 11.5 Å². The van der Waals surface area contributed by atoms with Crippen molar-refractivity contribution in [2.75, 3.05) is 13.2 Å². The van der Waals surface area contributed by atoms with Crippen LogP contribution in [0.25, 0.3) is 11.3 Å². The number of H-pyrrole nitrogens is 1. The number of amides is 1. The average Bonchev–Trinajstić information content (AvgIpc) is 3.36. The molecule has 2 aromatic carbocycles. The molecule has 8 heteroatoms. The second kappa shape index (κ2) is 13.8. The number of rotatable bonds is 14. The molecular formula is C27H34N4O4. The maximum atomic E-state index is 12.4. The lowest BCUT2D eigenvalue weighted by molar-refractivity contribution is 0.0950. The van der Waals surface area contributed by atoms with Gasteiger partial charge < -0.3 is 14.6 Å². The Hall–Kier alpha value is -3.81. The van der Waals surface area contributed by atoms with E-state index in [1.165, 1.54) is 44.4 Å². The van der Waals surface area contributed by atoms with E-state index in [2.05, 4.69) is 27.6 Å². The van der Waals surface area contributed by atoms with Gasteiger partial charge in [-0.05, 0) is 67.4 Å². The zero-order valence-corrected chi connectivity index (χ0v) is 20.4. The van der Waals surface area contributed by atoms with Gasteiger partial charge in [0.05, 0.1) is 25.1 Å². The number of aromatic amines is 1. The fourth-order valence-corrected chi connectivity index (χ4v) is 3.49. The Bertz CT molecular complexity index is 1090. The number of nitrogens with zero attached hydrogens (tertiary/aromatic N) is 2. The van der Waals surface area contributed by atoms with Gasteiger partial charge in [-0.1, -0.05) is 39.0 Å². The van der Waals surface area contributed by atoms with Crippen LogP contribution in [0.4, 0.5) is 0 Å². The molecule has 0 bridgehead atoms. The van der Waals surface area contributed by atoms with Crippen molar-refractivity contribution in [3.05, 3.63) is 59.8 Å². The Morgan fingerprint density at radius 1 is 1.03 bits per heavy atom. The summed E-state index contributed by atoms with van der Waals surface area (Å²) in [6.45, 7) is 5.20. The molecule has 0 fully saturated rings. The Balaban J connectivity index is 1.48. The van der Waals surface area contributed by atoms with Crippen LogP contribution in [0.1, 0.15) is 68.4 Å². The first-order chi connectivity index (χ1) is 17.1. The largest absolute Gasteiger partial charge is 0.504 e. The van der Waals surface area contributed by atoms with Crippen molar-refractivity contribution >= 4 is 12.1 Å². The zero-order valence-electron chi connectivity index (χ0n) is 20.4. The molecule has 3 rings (SSSR count). The Labute approximate surface area is 206 Å². The molecule has 3 aromatic rings. The van der Waals surface area contributed by atoms with Gasteiger partial charge in [-0.3, -0.25) is 9.89 Å². The molecule has 8 nitrogen and oxygen atoms in total. The van der Waals surface area contributed by atoms with Gasteiger partial charge >= 0.3 is 0 Å². The third-order valence-corrected chi connectivity index (χ3v) is 5.40. The molecule has 0 aliphatic heterocycles. The van der Waals surface area contributed by atoms with E-state index in [0.717, 1.165) is 24.3 Å². The summed E-state index contributed by atoms with van der Waals surface area (Å²) in [5.74, 6) is 0.824. The van der Waals surface area contributed by atoms with Crippen LogP contribution in [0.3, 0.4) is 0 Å². The molecule has 0 unspecified atom stereocenters. The van der Waals surface area contributed by atoms with Crippen LogP contribution in [-0.4, -0.2) is 40.6 Å². The minimum absolute atomic E-state index is 0.0513. The highest BCUT2D eigenvalue weighted by Gasteiger charge is 2.11. The fraction of sp³-hybridized carbons (Fsp3) is 0.370. The number of carbonyl (C=O) groups is 1. The van der Waals surface area contributed by atoms with Gasteiger partial charge in [0.1, 0.15) is 11.4 Å². The molecular weight excluding hydrogens is 444 g/mol. The highest BCUT2D eigenvalue weighted by molar-refractivity contribution is 5.94. The molecule has 0 radical (unpaired) electrons. The summed E-state index contributed by atoms with van der Waals surface area (Å²) >= 11 is 0. The van der Waals surface area contributed by atoms with Gasteiger partial charge in [0.25, 0.3) is 5.91 Å². The van der Waals surface area contributed by atoms with Crippen LogP contribution in [-0.2, 0) is 0 Å². The summed E-state index contributed by atoms with van der Waals surface area (Å²) in [6.07, 6.45) is 8.87. The van der Waals surface area contributed by atoms with Crippen LogP contribution < -0.4 is 14.9 Å². The van der Waals surface area contributed by atoms with Gasteiger partial charge in [-0.2, -0.15) is 10.2 Å². The average molecular weight is 479 g/mol. The number of unbranched alkanes of at least 4 members (excludes halogenated alkanes) is 5. The molecule has 1 aromatic heterocycles. The van der Waals surface area contributed by atoms with Crippen molar-refractivity contribution in [2.24, 2.45) is 5.10 Å². The highest BCUT2D eigenvalue weighted by Crippen LogP contribution is 2.26. The van der Waals surface area contributed by atoms with Gasteiger partial charge in [-0.15, -0.1) is 0 Å². The molecule has 0 aliphatic rings. The lowest BCUT2D eigenvalue weighted by atomic mass is 10.1. The predicted molar refractivity (Wildman–Crippen MR) is 137 cm³/mol. The van der Waals surface area contributed by atoms with E-state index >= 15 is 0 Å². The number of hydrazone groups is 1. The molecule has 0 saturated heterocycles. The second-order valence-electron chi connectivity index (χ2n) is 8.17. The van der Waals surface area contributed by atoms with Gasteiger partial charge in [0, 0.05) is 5.56 Å². The van der Waals surface area contributed by atoms with E-state index in [9.17, 15) is 9.90 Å². The van der Waals surface area contributed by atoms with Crippen molar-refractivity contribution in [1.29, 1.82) is 0 Å². The fourth-order valence-electron chi connectivity index (χ4n) is 3.49. The maximum Gasteiger partial charge on any atom is 0.289 e. The van der Waals surface area contributed by atoms with Crippen LogP contribution in [0, 0.1) is 0 Å². The van der Waals surface area contributed by atoms with E-state index in [-0.39, 0.29) is 5.75 Å². The second-order valence-corrected chi connectivity index (χ2v) is 8.17. The number of benzene rings is 2. The van der Waals surface area contributed by atoms with E-state index in [1.54, 1.807) is 18.2 Å². The molecule has 1 amide bonds.